The molecule has 0 unspecified atom stereocenters. The molecule has 0 bridgehead atoms. The van der Waals surface area contributed by atoms with Gasteiger partial charge in [-0.2, -0.15) is 4.37 Å². The molecule has 7 nitrogen and oxygen atoms in total. The lowest BCUT2D eigenvalue weighted by molar-refractivity contribution is 0.196. The van der Waals surface area contributed by atoms with Gasteiger partial charge in [0, 0.05) is 29.7 Å². The molecule has 0 spiro atoms. The quantitative estimate of drug-likeness (QED) is 0.485. The molecule has 33 heavy (non-hydrogen) atoms. The average molecular weight is 495 g/mol. The lowest BCUT2D eigenvalue weighted by Crippen LogP contribution is -2.38. The molecule has 1 aromatic heterocycles. The molecule has 0 aliphatic heterocycles. The Morgan fingerprint density at radius 1 is 1.15 bits per heavy atom. The fraction of sp³-hybridized carbons (Fsp3) is 0.364. The van der Waals surface area contributed by atoms with Gasteiger partial charge in [-0.1, -0.05) is 30.3 Å². The van der Waals surface area contributed by atoms with Crippen LogP contribution in [0.15, 0.2) is 53.7 Å². The Balaban J connectivity index is 1.48. The van der Waals surface area contributed by atoms with Crippen molar-refractivity contribution >= 4 is 26.7 Å². The van der Waals surface area contributed by atoms with Gasteiger partial charge in [-0.3, -0.25) is 4.72 Å². The predicted octanol–water partition coefficient (Wildman–Crippen LogP) is 4.23. The van der Waals surface area contributed by atoms with Crippen LogP contribution in [-0.4, -0.2) is 30.4 Å². The topological polar surface area (TPSA) is 107 Å². The second-order valence-corrected chi connectivity index (χ2v) is 10.6. The van der Waals surface area contributed by atoms with Gasteiger partial charge in [0.15, 0.2) is 11.6 Å². The molecular weight excluding hydrogens is 470 g/mol. The molecule has 1 aliphatic rings. The predicted molar refractivity (Wildman–Crippen MR) is 122 cm³/mol. The van der Waals surface area contributed by atoms with E-state index in [1.54, 1.807) is 0 Å². The normalized spacial score (nSPS) is 21.0. The Morgan fingerprint density at radius 3 is 2.55 bits per heavy atom. The molecule has 3 aromatic rings. The zero-order valence-corrected chi connectivity index (χ0v) is 19.3. The van der Waals surface area contributed by atoms with Crippen LogP contribution in [0, 0.1) is 11.6 Å². The molecule has 1 heterocycles. The monoisotopic (exact) mass is 494 g/mol. The second-order valence-electron chi connectivity index (χ2n) is 8.15. The van der Waals surface area contributed by atoms with E-state index in [4.69, 9.17) is 10.5 Å². The number of aromatic nitrogens is 2. The van der Waals surface area contributed by atoms with Crippen molar-refractivity contribution < 1.29 is 21.9 Å². The zero-order chi connectivity index (χ0) is 23.5. The summed E-state index contributed by atoms with van der Waals surface area (Å²) >= 11 is 0.780. The highest BCUT2D eigenvalue weighted by Crippen LogP contribution is 2.42. The minimum Gasteiger partial charge on any atom is -0.490 e. The number of anilines is 1. The molecule has 1 fully saturated rings. The third kappa shape index (κ3) is 5.31. The first-order chi connectivity index (χ1) is 15.8. The molecule has 4 rings (SSSR count). The minimum atomic E-state index is -4.37. The molecular formula is C22H24F2N4O3S2. The van der Waals surface area contributed by atoms with Gasteiger partial charge in [-0.05, 0) is 43.1 Å². The Labute approximate surface area is 195 Å². The maximum absolute atomic E-state index is 14.6. The number of hydrogen-bond donors (Lipinski definition) is 2. The molecule has 0 radical (unpaired) electrons. The number of nitrogens with one attached hydrogen (secondary N) is 1. The van der Waals surface area contributed by atoms with Crippen molar-refractivity contribution in [2.24, 2.45) is 5.73 Å². The van der Waals surface area contributed by atoms with Gasteiger partial charge in [0.25, 0.3) is 10.0 Å². The number of nitrogens with two attached hydrogens (primary N) is 1. The van der Waals surface area contributed by atoms with E-state index in [1.807, 2.05) is 18.2 Å². The molecule has 3 N–H and O–H groups in total. The summed E-state index contributed by atoms with van der Waals surface area (Å²) < 4.78 is 65.4. The fourth-order valence-electron chi connectivity index (χ4n) is 4.24. The SMILES string of the molecule is NC1CCC(CCOc2cc(F)c(S(=O)(=O)Nc3ncns3)cc2F)(c2ccccc2)CC1. The highest BCUT2D eigenvalue weighted by molar-refractivity contribution is 7.93. The number of nitrogens with zero attached hydrogens (tertiary/aromatic N) is 2. The fourth-order valence-corrected chi connectivity index (χ4v) is 5.97. The highest BCUT2D eigenvalue weighted by Gasteiger charge is 2.36. The van der Waals surface area contributed by atoms with Crippen molar-refractivity contribution in [2.75, 3.05) is 11.3 Å². The second kappa shape index (κ2) is 9.70. The average Bonchev–Trinajstić information content (AvgIpc) is 3.30. The number of hydrogen-bond acceptors (Lipinski definition) is 7. The summed E-state index contributed by atoms with van der Waals surface area (Å²) in [4.78, 5) is 2.86. The summed E-state index contributed by atoms with van der Waals surface area (Å²) in [5.41, 5.74) is 7.12. The van der Waals surface area contributed by atoms with Crippen LogP contribution in [0.5, 0.6) is 5.75 Å². The van der Waals surface area contributed by atoms with E-state index < -0.39 is 26.6 Å². The lowest BCUT2D eigenvalue weighted by atomic mass is 9.66. The van der Waals surface area contributed by atoms with Crippen molar-refractivity contribution in [3.63, 3.8) is 0 Å². The van der Waals surface area contributed by atoms with Crippen molar-refractivity contribution in [1.82, 2.24) is 9.36 Å². The minimum absolute atomic E-state index is 0.0476. The number of rotatable bonds is 8. The van der Waals surface area contributed by atoms with Crippen LogP contribution in [0.2, 0.25) is 0 Å². The van der Waals surface area contributed by atoms with E-state index in [2.05, 4.69) is 26.2 Å². The number of sulfonamides is 1. The smallest absolute Gasteiger partial charge is 0.266 e. The first kappa shape index (κ1) is 23.5. The molecule has 11 heteroatoms. The largest absolute Gasteiger partial charge is 0.490 e. The molecule has 1 saturated carbocycles. The van der Waals surface area contributed by atoms with E-state index in [0.717, 1.165) is 49.6 Å². The van der Waals surface area contributed by atoms with E-state index in [9.17, 15) is 17.2 Å². The first-order valence-electron chi connectivity index (χ1n) is 10.5. The summed E-state index contributed by atoms with van der Waals surface area (Å²) in [6.45, 7) is 0.148. The number of benzene rings is 2. The van der Waals surface area contributed by atoms with E-state index in [1.165, 1.54) is 5.56 Å². The summed E-state index contributed by atoms with van der Waals surface area (Å²) in [5, 5.41) is -0.0476. The highest BCUT2D eigenvalue weighted by atomic mass is 32.2. The van der Waals surface area contributed by atoms with Crippen LogP contribution >= 0.6 is 11.5 Å². The van der Waals surface area contributed by atoms with E-state index in [0.29, 0.717) is 12.5 Å². The van der Waals surface area contributed by atoms with Crippen molar-refractivity contribution in [1.29, 1.82) is 0 Å². The van der Waals surface area contributed by atoms with Gasteiger partial charge in [0.1, 0.15) is 17.0 Å². The molecule has 2 aromatic carbocycles. The van der Waals surface area contributed by atoms with E-state index >= 15 is 0 Å². The van der Waals surface area contributed by atoms with Crippen LogP contribution in [0.4, 0.5) is 13.9 Å². The van der Waals surface area contributed by atoms with Crippen molar-refractivity contribution in [3.05, 3.63) is 66.0 Å². The Hall–Kier alpha value is -2.63. The van der Waals surface area contributed by atoms with Crippen LogP contribution in [0.3, 0.4) is 0 Å². The first-order valence-corrected chi connectivity index (χ1v) is 12.8. The Morgan fingerprint density at radius 2 is 1.88 bits per heavy atom. The molecule has 0 saturated heterocycles. The van der Waals surface area contributed by atoms with Gasteiger partial charge in [-0.25, -0.2) is 22.2 Å². The maximum Gasteiger partial charge on any atom is 0.266 e. The van der Waals surface area contributed by atoms with Crippen molar-refractivity contribution in [3.8, 4) is 5.75 Å². The lowest BCUT2D eigenvalue weighted by Gasteiger charge is -2.40. The molecule has 1 aliphatic carbocycles. The van der Waals surface area contributed by atoms with Crippen LogP contribution < -0.4 is 15.2 Å². The maximum atomic E-state index is 14.6. The standard InChI is InChI=1S/C22H24F2N4O3S2/c23-17-13-20(33(29,30)28-21-26-14-27-32-21)18(24)12-19(17)31-11-10-22(8-6-16(25)7-9-22)15-4-2-1-3-5-15/h1-5,12-14,16H,6-11,25H2,(H,26,27,28). The van der Waals surface area contributed by atoms with Crippen LogP contribution in [0.1, 0.15) is 37.7 Å². The Kier molecular flexibility index (Phi) is 6.91. The van der Waals surface area contributed by atoms with Gasteiger partial charge in [0.05, 0.1) is 6.61 Å². The molecule has 0 atom stereocenters. The van der Waals surface area contributed by atoms with Gasteiger partial charge in [-0.15, -0.1) is 0 Å². The molecule has 176 valence electrons. The Bertz CT molecular complexity index is 1180. The van der Waals surface area contributed by atoms with Crippen molar-refractivity contribution in [2.45, 2.75) is 48.5 Å². The summed E-state index contributed by atoms with van der Waals surface area (Å²) in [7, 11) is -4.37. The van der Waals surface area contributed by atoms with Crippen LogP contribution in [-0.2, 0) is 15.4 Å². The van der Waals surface area contributed by atoms with E-state index in [-0.39, 0.29) is 28.9 Å². The third-order valence-corrected chi connectivity index (χ3v) is 8.13. The third-order valence-electron chi connectivity index (χ3n) is 6.07. The zero-order valence-electron chi connectivity index (χ0n) is 17.7. The number of halogens is 2. The number of ether oxygens (including phenoxy) is 1. The van der Waals surface area contributed by atoms with Gasteiger partial charge >= 0.3 is 0 Å². The summed E-state index contributed by atoms with van der Waals surface area (Å²) in [5.74, 6) is -2.42. The summed E-state index contributed by atoms with van der Waals surface area (Å²) in [6, 6.07) is 11.6. The summed E-state index contributed by atoms with van der Waals surface area (Å²) in [6.07, 6.45) is 5.28. The van der Waals surface area contributed by atoms with Crippen LogP contribution in [0.25, 0.3) is 0 Å². The molecule has 0 amide bonds. The van der Waals surface area contributed by atoms with Gasteiger partial charge in [0.2, 0.25) is 5.13 Å². The van der Waals surface area contributed by atoms with Gasteiger partial charge < -0.3 is 10.5 Å².